The van der Waals surface area contributed by atoms with Crippen molar-refractivity contribution < 1.29 is 9.59 Å². The van der Waals surface area contributed by atoms with Crippen LogP contribution in [-0.4, -0.2) is 16.7 Å². The predicted octanol–water partition coefficient (Wildman–Crippen LogP) is 3.01. The monoisotopic (exact) mass is 296 g/mol. The van der Waals surface area contributed by atoms with Gasteiger partial charge in [-0.2, -0.15) is 5.26 Å². The zero-order valence-electron chi connectivity index (χ0n) is 10.8. The maximum Gasteiger partial charge on any atom is 0.261 e. The van der Waals surface area contributed by atoms with Gasteiger partial charge in [0.1, 0.15) is 0 Å². The lowest BCUT2D eigenvalue weighted by molar-refractivity contribution is 0.0642. The molecule has 0 spiro atoms. The smallest absolute Gasteiger partial charge is 0.261 e. The fourth-order valence-corrected chi connectivity index (χ4v) is 2.60. The summed E-state index contributed by atoms with van der Waals surface area (Å²) in [6.07, 6.45) is 0. The molecule has 0 N–H and O–H groups in total. The number of hydrogen-bond acceptors (Lipinski definition) is 3. The summed E-state index contributed by atoms with van der Waals surface area (Å²) in [5.74, 6) is -0.723. The molecule has 0 fully saturated rings. The Morgan fingerprint density at radius 3 is 2.19 bits per heavy atom. The summed E-state index contributed by atoms with van der Waals surface area (Å²) >= 11 is 6.09. The minimum absolute atomic E-state index is 0.00505. The van der Waals surface area contributed by atoms with E-state index in [4.69, 9.17) is 16.9 Å². The molecule has 21 heavy (non-hydrogen) atoms. The molecule has 0 radical (unpaired) electrons. The van der Waals surface area contributed by atoms with Crippen LogP contribution in [0.1, 0.15) is 31.8 Å². The third-order valence-electron chi connectivity index (χ3n) is 3.43. The Labute approximate surface area is 126 Å². The van der Waals surface area contributed by atoms with Crippen LogP contribution in [0.3, 0.4) is 0 Å². The van der Waals surface area contributed by atoms with Crippen molar-refractivity contribution in [2.24, 2.45) is 0 Å². The fraction of sp³-hybridized carbons (Fsp3) is 0.0625. The highest BCUT2D eigenvalue weighted by Crippen LogP contribution is 2.27. The highest BCUT2D eigenvalue weighted by molar-refractivity contribution is 6.31. The van der Waals surface area contributed by atoms with Gasteiger partial charge < -0.3 is 0 Å². The van der Waals surface area contributed by atoms with Crippen molar-refractivity contribution in [3.63, 3.8) is 0 Å². The van der Waals surface area contributed by atoms with Gasteiger partial charge in [0, 0.05) is 10.6 Å². The number of amides is 2. The molecule has 1 heterocycles. The van der Waals surface area contributed by atoms with E-state index in [0.717, 1.165) is 4.90 Å². The maximum atomic E-state index is 12.3. The summed E-state index contributed by atoms with van der Waals surface area (Å²) in [6.45, 7) is -0.00505. The van der Waals surface area contributed by atoms with Gasteiger partial charge in [0.15, 0.2) is 0 Å². The van der Waals surface area contributed by atoms with E-state index in [1.807, 2.05) is 6.07 Å². The highest BCUT2D eigenvalue weighted by atomic mass is 35.5. The molecule has 0 bridgehead atoms. The third kappa shape index (κ3) is 2.08. The molecule has 4 nitrogen and oxygen atoms in total. The van der Waals surface area contributed by atoms with E-state index in [2.05, 4.69) is 0 Å². The molecule has 0 atom stereocenters. The molecule has 2 aromatic carbocycles. The second-order valence-electron chi connectivity index (χ2n) is 4.62. The van der Waals surface area contributed by atoms with Crippen molar-refractivity contribution in [1.82, 2.24) is 4.90 Å². The van der Waals surface area contributed by atoms with E-state index >= 15 is 0 Å². The van der Waals surface area contributed by atoms with Gasteiger partial charge in [-0.15, -0.1) is 0 Å². The van der Waals surface area contributed by atoms with Crippen molar-refractivity contribution in [1.29, 1.82) is 5.26 Å². The molecule has 2 amide bonds. The average molecular weight is 297 g/mol. The van der Waals surface area contributed by atoms with Gasteiger partial charge in [-0.25, -0.2) is 0 Å². The molecule has 0 unspecified atom stereocenters. The van der Waals surface area contributed by atoms with Crippen LogP contribution in [-0.2, 0) is 6.54 Å². The van der Waals surface area contributed by atoms with E-state index < -0.39 is 0 Å². The normalized spacial score (nSPS) is 13.2. The van der Waals surface area contributed by atoms with Gasteiger partial charge >= 0.3 is 0 Å². The first-order chi connectivity index (χ1) is 10.1. The van der Waals surface area contributed by atoms with Crippen molar-refractivity contribution in [2.75, 3.05) is 0 Å². The van der Waals surface area contributed by atoms with Crippen molar-refractivity contribution in [2.45, 2.75) is 6.54 Å². The zero-order valence-corrected chi connectivity index (χ0v) is 11.6. The molecule has 0 aliphatic carbocycles. The molecule has 102 valence electrons. The Bertz CT molecular complexity index is 773. The standard InChI is InChI=1S/C16H9ClN2O2/c17-14-7-3-4-10(8-18)13(14)9-19-15(20)11-5-1-2-6-12(11)16(19)21/h1-7H,9H2. The number of fused-ring (bicyclic) bond motifs is 1. The van der Waals surface area contributed by atoms with Crippen molar-refractivity contribution >= 4 is 23.4 Å². The Morgan fingerprint density at radius 2 is 1.62 bits per heavy atom. The van der Waals surface area contributed by atoms with Crippen molar-refractivity contribution in [3.8, 4) is 6.07 Å². The molecule has 0 saturated heterocycles. The summed E-state index contributed by atoms with van der Waals surface area (Å²) in [7, 11) is 0. The molecule has 3 rings (SSSR count). The van der Waals surface area contributed by atoms with Gasteiger partial charge in [-0.05, 0) is 24.3 Å². The Balaban J connectivity index is 2.01. The first-order valence-corrected chi connectivity index (χ1v) is 6.64. The van der Waals surface area contributed by atoms with E-state index in [1.165, 1.54) is 0 Å². The summed E-state index contributed by atoms with van der Waals surface area (Å²) in [5.41, 5.74) is 1.61. The summed E-state index contributed by atoms with van der Waals surface area (Å²) in [4.78, 5) is 25.7. The topological polar surface area (TPSA) is 61.2 Å². The average Bonchev–Trinajstić information content (AvgIpc) is 2.74. The molecular formula is C16H9ClN2O2. The first kappa shape index (κ1) is 13.3. The van der Waals surface area contributed by atoms with Gasteiger partial charge in [-0.3, -0.25) is 14.5 Å². The van der Waals surface area contributed by atoms with Crippen LogP contribution in [0.2, 0.25) is 5.02 Å². The quantitative estimate of drug-likeness (QED) is 0.800. The van der Waals surface area contributed by atoms with Gasteiger partial charge in [0.05, 0.1) is 29.3 Å². The third-order valence-corrected chi connectivity index (χ3v) is 3.79. The number of halogens is 1. The Hall–Kier alpha value is -2.64. The summed E-state index contributed by atoms with van der Waals surface area (Å²) in [5, 5.41) is 9.49. The molecule has 5 heteroatoms. The SMILES string of the molecule is N#Cc1cccc(Cl)c1CN1C(=O)c2ccccc2C1=O. The van der Waals surface area contributed by atoms with Crippen LogP contribution < -0.4 is 0 Å². The number of hydrogen-bond donors (Lipinski definition) is 0. The second-order valence-corrected chi connectivity index (χ2v) is 5.03. The van der Waals surface area contributed by atoms with E-state index in [1.54, 1.807) is 42.5 Å². The number of nitriles is 1. The first-order valence-electron chi connectivity index (χ1n) is 6.26. The van der Waals surface area contributed by atoms with Crippen molar-refractivity contribution in [3.05, 3.63) is 69.7 Å². The van der Waals surface area contributed by atoms with Crippen LogP contribution >= 0.6 is 11.6 Å². The molecule has 0 aromatic heterocycles. The van der Waals surface area contributed by atoms with Gasteiger partial charge in [-0.1, -0.05) is 29.8 Å². The molecule has 2 aromatic rings. The number of carbonyl (C=O) groups is 2. The zero-order chi connectivity index (χ0) is 15.0. The molecular weight excluding hydrogens is 288 g/mol. The van der Waals surface area contributed by atoms with E-state index in [9.17, 15) is 9.59 Å². The minimum Gasteiger partial charge on any atom is -0.270 e. The molecule has 1 aliphatic rings. The lowest BCUT2D eigenvalue weighted by Gasteiger charge is -2.15. The van der Waals surface area contributed by atoms with Gasteiger partial charge in [0.25, 0.3) is 11.8 Å². The summed E-state index contributed by atoms with van der Waals surface area (Å²) in [6, 6.07) is 13.6. The minimum atomic E-state index is -0.362. The van der Waals surface area contributed by atoms with Crippen LogP contribution in [0.15, 0.2) is 42.5 Å². The highest BCUT2D eigenvalue weighted by Gasteiger charge is 2.35. The number of imide groups is 1. The number of rotatable bonds is 2. The van der Waals surface area contributed by atoms with E-state index in [0.29, 0.717) is 27.3 Å². The predicted molar refractivity (Wildman–Crippen MR) is 76.8 cm³/mol. The molecule has 1 aliphatic heterocycles. The fourth-order valence-electron chi connectivity index (χ4n) is 2.36. The van der Waals surface area contributed by atoms with Gasteiger partial charge in [0.2, 0.25) is 0 Å². The Morgan fingerprint density at radius 1 is 1.00 bits per heavy atom. The van der Waals surface area contributed by atoms with Crippen LogP contribution in [0.4, 0.5) is 0 Å². The van der Waals surface area contributed by atoms with Crippen LogP contribution in [0.5, 0.6) is 0 Å². The molecule has 0 saturated carbocycles. The van der Waals surface area contributed by atoms with Crippen LogP contribution in [0.25, 0.3) is 0 Å². The van der Waals surface area contributed by atoms with E-state index in [-0.39, 0.29) is 18.4 Å². The Kier molecular flexibility index (Phi) is 3.20. The number of carbonyl (C=O) groups excluding carboxylic acids is 2. The number of benzene rings is 2. The largest absolute Gasteiger partial charge is 0.270 e. The summed E-state index contributed by atoms with van der Waals surface area (Å²) < 4.78 is 0. The lowest BCUT2D eigenvalue weighted by atomic mass is 10.1. The number of nitrogens with zero attached hydrogens (tertiary/aromatic N) is 2. The van der Waals surface area contributed by atoms with Crippen LogP contribution in [0, 0.1) is 11.3 Å². The second kappa shape index (κ2) is 5.04. The maximum absolute atomic E-state index is 12.3. The lowest BCUT2D eigenvalue weighted by Crippen LogP contribution is -2.29.